The van der Waals surface area contributed by atoms with Gasteiger partial charge in [0, 0.05) is 41.8 Å². The number of nitrogens with zero attached hydrogens (tertiary/aromatic N) is 3. The van der Waals surface area contributed by atoms with Crippen molar-refractivity contribution in [1.29, 1.82) is 0 Å². The molecular formula is C20H19ClN4O2. The molecule has 0 radical (unpaired) electrons. The quantitative estimate of drug-likeness (QED) is 0.740. The topological polar surface area (TPSA) is 67.2 Å². The molecule has 0 aliphatic carbocycles. The molecule has 1 aliphatic heterocycles. The smallest absolute Gasteiger partial charge is 0.254 e. The number of hydrogen-bond donors (Lipinski definition) is 1. The van der Waals surface area contributed by atoms with E-state index < -0.39 is 0 Å². The van der Waals surface area contributed by atoms with Crippen LogP contribution in [0.5, 0.6) is 0 Å². The van der Waals surface area contributed by atoms with Crippen molar-refractivity contribution >= 4 is 34.4 Å². The SMILES string of the molecule is CNC(=O)c1c2n(c3ncccc13)CC(C)N(C(=O)c1ccc(Cl)cc1)C2. The van der Waals surface area contributed by atoms with E-state index in [1.165, 1.54) is 0 Å². The predicted molar refractivity (Wildman–Crippen MR) is 104 cm³/mol. The summed E-state index contributed by atoms with van der Waals surface area (Å²) in [4.78, 5) is 31.9. The van der Waals surface area contributed by atoms with E-state index in [9.17, 15) is 9.59 Å². The molecule has 138 valence electrons. The highest BCUT2D eigenvalue weighted by molar-refractivity contribution is 6.30. The fourth-order valence-corrected chi connectivity index (χ4v) is 3.80. The Bertz CT molecular complexity index is 1040. The fraction of sp³-hybridized carbons (Fsp3) is 0.250. The summed E-state index contributed by atoms with van der Waals surface area (Å²) in [5.74, 6) is -0.248. The molecule has 4 rings (SSSR count). The summed E-state index contributed by atoms with van der Waals surface area (Å²) in [7, 11) is 1.61. The van der Waals surface area contributed by atoms with Crippen LogP contribution in [0.4, 0.5) is 0 Å². The number of carbonyl (C=O) groups is 2. The molecule has 2 amide bonds. The van der Waals surface area contributed by atoms with Crippen LogP contribution in [0.3, 0.4) is 0 Å². The van der Waals surface area contributed by atoms with Crippen molar-refractivity contribution in [2.75, 3.05) is 7.05 Å². The van der Waals surface area contributed by atoms with Crippen molar-refractivity contribution in [3.8, 4) is 0 Å². The second kappa shape index (κ2) is 6.70. The number of fused-ring (bicyclic) bond motifs is 3. The normalized spacial score (nSPS) is 16.3. The number of pyridine rings is 1. The monoisotopic (exact) mass is 382 g/mol. The molecule has 27 heavy (non-hydrogen) atoms. The molecule has 0 saturated heterocycles. The van der Waals surface area contributed by atoms with E-state index in [1.807, 2.05) is 19.1 Å². The van der Waals surface area contributed by atoms with Crippen LogP contribution in [-0.2, 0) is 13.1 Å². The van der Waals surface area contributed by atoms with Crippen molar-refractivity contribution in [3.05, 3.63) is 64.4 Å². The Labute approximate surface area is 161 Å². The third-order valence-electron chi connectivity index (χ3n) is 5.03. The molecule has 0 saturated carbocycles. The van der Waals surface area contributed by atoms with Gasteiger partial charge < -0.3 is 14.8 Å². The summed E-state index contributed by atoms with van der Waals surface area (Å²) < 4.78 is 2.05. The molecule has 1 aromatic carbocycles. The molecule has 3 heterocycles. The van der Waals surface area contributed by atoms with Gasteiger partial charge in [-0.1, -0.05) is 11.6 Å². The summed E-state index contributed by atoms with van der Waals surface area (Å²) in [5.41, 5.74) is 2.75. The zero-order valence-electron chi connectivity index (χ0n) is 15.1. The first-order chi connectivity index (χ1) is 13.0. The Morgan fingerprint density at radius 2 is 1.96 bits per heavy atom. The van der Waals surface area contributed by atoms with Crippen molar-refractivity contribution in [2.24, 2.45) is 0 Å². The summed E-state index contributed by atoms with van der Waals surface area (Å²) in [6, 6.07) is 10.6. The molecule has 6 nitrogen and oxygen atoms in total. The lowest BCUT2D eigenvalue weighted by atomic mass is 10.1. The number of carbonyl (C=O) groups excluding carboxylic acids is 2. The van der Waals surface area contributed by atoms with Crippen molar-refractivity contribution in [2.45, 2.75) is 26.1 Å². The minimum atomic E-state index is -0.171. The lowest BCUT2D eigenvalue weighted by molar-refractivity contribution is 0.0615. The van der Waals surface area contributed by atoms with Gasteiger partial charge in [0.05, 0.1) is 17.8 Å². The highest BCUT2D eigenvalue weighted by Gasteiger charge is 2.33. The van der Waals surface area contributed by atoms with Gasteiger partial charge in [0.15, 0.2) is 0 Å². The van der Waals surface area contributed by atoms with E-state index in [4.69, 9.17) is 11.6 Å². The molecule has 7 heteroatoms. The summed E-state index contributed by atoms with van der Waals surface area (Å²) >= 11 is 5.93. The zero-order chi connectivity index (χ0) is 19.1. The van der Waals surface area contributed by atoms with Gasteiger partial charge in [-0.3, -0.25) is 9.59 Å². The Hall–Kier alpha value is -2.86. The average molecular weight is 383 g/mol. The Balaban J connectivity index is 1.80. The van der Waals surface area contributed by atoms with Gasteiger partial charge in [0.2, 0.25) is 0 Å². The maximum atomic E-state index is 13.1. The highest BCUT2D eigenvalue weighted by atomic mass is 35.5. The molecule has 0 fully saturated rings. The van der Waals surface area contributed by atoms with Gasteiger partial charge in [-0.2, -0.15) is 0 Å². The lowest BCUT2D eigenvalue weighted by Crippen LogP contribution is -2.45. The van der Waals surface area contributed by atoms with E-state index in [-0.39, 0.29) is 17.9 Å². The third kappa shape index (κ3) is 2.86. The number of halogens is 1. The predicted octanol–water partition coefficient (Wildman–Crippen LogP) is 3.09. The number of nitrogens with one attached hydrogen (secondary N) is 1. The molecule has 1 atom stereocenters. The van der Waals surface area contributed by atoms with Gasteiger partial charge in [-0.05, 0) is 43.3 Å². The Kier molecular flexibility index (Phi) is 4.36. The number of aromatic nitrogens is 2. The van der Waals surface area contributed by atoms with E-state index >= 15 is 0 Å². The van der Waals surface area contributed by atoms with Crippen LogP contribution in [0.1, 0.15) is 33.3 Å². The number of benzene rings is 1. The van der Waals surface area contributed by atoms with Gasteiger partial charge >= 0.3 is 0 Å². The van der Waals surface area contributed by atoms with Gasteiger partial charge in [-0.15, -0.1) is 0 Å². The minimum Gasteiger partial charge on any atom is -0.355 e. The van der Waals surface area contributed by atoms with Crippen molar-refractivity contribution in [3.63, 3.8) is 0 Å². The Morgan fingerprint density at radius 1 is 1.22 bits per heavy atom. The van der Waals surface area contributed by atoms with Crippen molar-refractivity contribution < 1.29 is 9.59 Å². The van der Waals surface area contributed by atoms with E-state index in [2.05, 4.69) is 14.9 Å². The van der Waals surface area contributed by atoms with Crippen LogP contribution in [-0.4, -0.2) is 39.4 Å². The van der Waals surface area contributed by atoms with Gasteiger partial charge in [-0.25, -0.2) is 4.98 Å². The third-order valence-corrected chi connectivity index (χ3v) is 5.28. The van der Waals surface area contributed by atoms with Crippen LogP contribution >= 0.6 is 11.6 Å². The largest absolute Gasteiger partial charge is 0.355 e. The van der Waals surface area contributed by atoms with Crippen molar-refractivity contribution in [1.82, 2.24) is 19.8 Å². The molecule has 1 unspecified atom stereocenters. The van der Waals surface area contributed by atoms with E-state index in [0.717, 1.165) is 16.7 Å². The first kappa shape index (κ1) is 17.5. The molecule has 3 aromatic rings. The van der Waals surface area contributed by atoms with Crippen LogP contribution < -0.4 is 5.32 Å². The molecule has 1 aliphatic rings. The minimum absolute atomic E-state index is 0.0316. The first-order valence-electron chi connectivity index (χ1n) is 8.76. The number of rotatable bonds is 2. The highest BCUT2D eigenvalue weighted by Crippen LogP contribution is 2.31. The molecule has 2 aromatic heterocycles. The van der Waals surface area contributed by atoms with E-state index in [0.29, 0.717) is 29.2 Å². The van der Waals surface area contributed by atoms with Crippen LogP contribution in [0.25, 0.3) is 11.0 Å². The summed E-state index contributed by atoms with van der Waals surface area (Å²) in [6.07, 6.45) is 1.72. The standard InChI is InChI=1S/C20H19ClN4O2/c1-12-10-25-16(11-24(12)20(27)13-5-7-14(21)8-6-13)17(19(26)22-2)15-4-3-9-23-18(15)25/h3-9,12H,10-11H2,1-2H3,(H,22,26). The molecule has 0 spiro atoms. The van der Waals surface area contributed by atoms with Crippen LogP contribution in [0.2, 0.25) is 5.02 Å². The average Bonchev–Trinajstić information content (AvgIpc) is 3.00. The number of hydrogen-bond acceptors (Lipinski definition) is 3. The number of amides is 2. The first-order valence-corrected chi connectivity index (χ1v) is 9.13. The second-order valence-corrected chi connectivity index (χ2v) is 7.11. The summed E-state index contributed by atoms with van der Waals surface area (Å²) in [6.45, 7) is 2.94. The van der Waals surface area contributed by atoms with E-state index in [1.54, 1.807) is 42.4 Å². The maximum Gasteiger partial charge on any atom is 0.254 e. The fourth-order valence-electron chi connectivity index (χ4n) is 3.68. The van der Waals surface area contributed by atoms with Gasteiger partial charge in [0.25, 0.3) is 11.8 Å². The molecule has 1 N–H and O–H groups in total. The van der Waals surface area contributed by atoms with Crippen LogP contribution in [0.15, 0.2) is 42.6 Å². The zero-order valence-corrected chi connectivity index (χ0v) is 15.8. The molecule has 0 bridgehead atoms. The summed E-state index contributed by atoms with van der Waals surface area (Å²) in [5, 5.41) is 4.10. The molecular weight excluding hydrogens is 364 g/mol. The second-order valence-electron chi connectivity index (χ2n) is 6.67. The lowest BCUT2D eigenvalue weighted by Gasteiger charge is -2.35. The maximum absolute atomic E-state index is 13.1. The Morgan fingerprint density at radius 3 is 2.67 bits per heavy atom. The van der Waals surface area contributed by atoms with Crippen LogP contribution in [0, 0.1) is 0 Å². The van der Waals surface area contributed by atoms with Gasteiger partial charge in [0.1, 0.15) is 5.65 Å².